The first-order chi connectivity index (χ1) is 17.0. The normalized spacial score (nSPS) is 15.3. The van der Waals surface area contributed by atoms with Gasteiger partial charge in [-0.25, -0.2) is 4.79 Å². The molecule has 0 unspecified atom stereocenters. The third-order valence-electron chi connectivity index (χ3n) is 6.10. The summed E-state index contributed by atoms with van der Waals surface area (Å²) in [6, 6.07) is 13.7. The molecule has 9 heteroatoms. The van der Waals surface area contributed by atoms with Crippen LogP contribution in [0, 0.1) is 13.8 Å². The number of carbonyl (C=O) groups is 2. The molecule has 3 aromatic rings. The second kappa shape index (κ2) is 9.35. The maximum Gasteiger partial charge on any atom is 0.418 e. The van der Waals surface area contributed by atoms with E-state index in [2.05, 4.69) is 0 Å². The second-order valence-corrected chi connectivity index (χ2v) is 8.69. The Morgan fingerprint density at radius 1 is 1.00 bits per heavy atom. The van der Waals surface area contributed by atoms with Gasteiger partial charge in [-0.3, -0.25) is 9.69 Å². The van der Waals surface area contributed by atoms with Gasteiger partial charge < -0.3 is 9.30 Å². The number of nitrogens with zero attached hydrogens (tertiary/aromatic N) is 2. The smallest absolute Gasteiger partial charge is 0.418 e. The van der Waals surface area contributed by atoms with Crippen molar-refractivity contribution in [2.24, 2.45) is 0 Å². The average Bonchev–Trinajstić information content (AvgIpc) is 3.24. The van der Waals surface area contributed by atoms with E-state index in [0.29, 0.717) is 33.4 Å². The summed E-state index contributed by atoms with van der Waals surface area (Å²) in [6.07, 6.45) is -3.04. The Hall–Kier alpha value is -3.78. The fraction of sp³-hybridized carbons (Fsp3) is 0.185. The van der Waals surface area contributed by atoms with Crippen molar-refractivity contribution in [3.63, 3.8) is 0 Å². The molecule has 0 spiro atoms. The zero-order valence-electron chi connectivity index (χ0n) is 19.9. The maximum atomic E-state index is 13.7. The molecule has 0 bridgehead atoms. The van der Waals surface area contributed by atoms with Crippen molar-refractivity contribution in [2.45, 2.75) is 26.9 Å². The number of methoxy groups -OCH3 is 1. The Morgan fingerprint density at radius 3 is 2.22 bits per heavy atom. The molecular formula is C27H22ClF3N2O3. The van der Waals surface area contributed by atoms with Gasteiger partial charge in [0, 0.05) is 17.1 Å². The highest BCUT2D eigenvalue weighted by Crippen LogP contribution is 2.40. The van der Waals surface area contributed by atoms with Gasteiger partial charge in [0.2, 0.25) is 0 Å². The first kappa shape index (κ1) is 25.3. The number of aromatic nitrogens is 1. The fourth-order valence-electron chi connectivity index (χ4n) is 4.47. The molecule has 4 rings (SSSR count). The monoisotopic (exact) mass is 514 g/mol. The summed E-state index contributed by atoms with van der Waals surface area (Å²) in [7, 11) is 1.21. The van der Waals surface area contributed by atoms with Gasteiger partial charge in [0.05, 0.1) is 40.2 Å². The molecule has 1 aromatic heterocycles. The highest BCUT2D eigenvalue weighted by molar-refractivity contribution is 6.35. The molecule has 1 aliphatic heterocycles. The SMILES string of the molecule is COC(=O)C1=C(C)N(c2ccccc2Cl)C(=O)/C1=C\c1cc(C)n(-c2ccccc2C(F)(F)F)c1C. The molecule has 186 valence electrons. The van der Waals surface area contributed by atoms with Gasteiger partial charge in [-0.05, 0) is 62.7 Å². The highest BCUT2D eigenvalue weighted by Gasteiger charge is 2.39. The number of anilines is 1. The quantitative estimate of drug-likeness (QED) is 0.289. The van der Waals surface area contributed by atoms with Crippen LogP contribution in [0.15, 0.2) is 71.4 Å². The summed E-state index contributed by atoms with van der Waals surface area (Å²) in [4.78, 5) is 27.6. The Kier molecular flexibility index (Phi) is 6.58. The Morgan fingerprint density at radius 2 is 1.61 bits per heavy atom. The predicted octanol–water partition coefficient (Wildman–Crippen LogP) is 6.64. The zero-order valence-corrected chi connectivity index (χ0v) is 20.7. The largest absolute Gasteiger partial charge is 0.465 e. The van der Waals surface area contributed by atoms with Gasteiger partial charge >= 0.3 is 12.1 Å². The topological polar surface area (TPSA) is 51.5 Å². The third kappa shape index (κ3) is 4.22. The molecule has 2 aromatic carbocycles. The van der Waals surface area contributed by atoms with E-state index >= 15 is 0 Å². The van der Waals surface area contributed by atoms with Crippen LogP contribution in [0.5, 0.6) is 0 Å². The van der Waals surface area contributed by atoms with E-state index in [1.165, 1.54) is 40.9 Å². The van der Waals surface area contributed by atoms with Gasteiger partial charge in [-0.15, -0.1) is 0 Å². The number of rotatable bonds is 4. The number of amides is 1. The molecule has 0 N–H and O–H groups in total. The molecule has 0 fully saturated rings. The van der Waals surface area contributed by atoms with E-state index in [1.807, 2.05) is 0 Å². The van der Waals surface area contributed by atoms with Crippen LogP contribution in [0.25, 0.3) is 11.8 Å². The molecule has 0 radical (unpaired) electrons. The van der Waals surface area contributed by atoms with Crippen LogP contribution >= 0.6 is 11.6 Å². The van der Waals surface area contributed by atoms with Gasteiger partial charge in [0.25, 0.3) is 5.91 Å². The van der Waals surface area contributed by atoms with E-state index in [0.717, 1.165) is 6.07 Å². The predicted molar refractivity (Wildman–Crippen MR) is 132 cm³/mol. The summed E-state index contributed by atoms with van der Waals surface area (Å²) in [5.41, 5.74) is 1.54. The number of alkyl halides is 3. The van der Waals surface area contributed by atoms with Crippen LogP contribution in [0.1, 0.15) is 29.4 Å². The number of hydrogen-bond acceptors (Lipinski definition) is 3. The molecule has 5 nitrogen and oxygen atoms in total. The van der Waals surface area contributed by atoms with Gasteiger partial charge in [0.15, 0.2) is 0 Å². The molecule has 36 heavy (non-hydrogen) atoms. The molecule has 1 amide bonds. The number of benzene rings is 2. The molecule has 2 heterocycles. The van der Waals surface area contributed by atoms with E-state index in [1.54, 1.807) is 51.1 Å². The Bertz CT molecular complexity index is 1450. The summed E-state index contributed by atoms with van der Waals surface area (Å²) >= 11 is 6.33. The van der Waals surface area contributed by atoms with Crippen LogP contribution in [0.4, 0.5) is 18.9 Å². The van der Waals surface area contributed by atoms with Crippen molar-refractivity contribution in [1.82, 2.24) is 4.57 Å². The summed E-state index contributed by atoms with van der Waals surface area (Å²) < 4.78 is 47.5. The molecule has 1 aliphatic rings. The van der Waals surface area contributed by atoms with Gasteiger partial charge in [-0.1, -0.05) is 35.9 Å². The number of aryl methyl sites for hydroxylation is 1. The fourth-order valence-corrected chi connectivity index (χ4v) is 4.69. The zero-order chi connectivity index (χ0) is 26.4. The number of esters is 1. The lowest BCUT2D eigenvalue weighted by atomic mass is 10.0. The Labute approximate surface area is 211 Å². The minimum atomic E-state index is -4.55. The molecule has 0 aliphatic carbocycles. The number of hydrogen-bond donors (Lipinski definition) is 0. The highest BCUT2D eigenvalue weighted by atomic mass is 35.5. The number of allylic oxidation sites excluding steroid dienone is 1. The lowest BCUT2D eigenvalue weighted by molar-refractivity contribution is -0.137. The van der Waals surface area contributed by atoms with Crippen molar-refractivity contribution in [1.29, 1.82) is 0 Å². The number of para-hydroxylation sites is 2. The van der Waals surface area contributed by atoms with E-state index in [9.17, 15) is 22.8 Å². The standard InChI is InChI=1S/C27H22ClF3N2O3/c1-15-13-18(16(2)32(15)22-11-7-5-9-20(22)27(29,30)31)14-19-24(26(35)36-4)17(3)33(25(19)34)23-12-8-6-10-21(23)28/h5-14H,1-4H3/b19-14-. The summed E-state index contributed by atoms with van der Waals surface area (Å²) in [6.45, 7) is 4.94. The van der Waals surface area contributed by atoms with Crippen LogP contribution in [0.3, 0.4) is 0 Å². The van der Waals surface area contributed by atoms with E-state index < -0.39 is 23.6 Å². The number of ether oxygens (including phenoxy) is 1. The number of carbonyl (C=O) groups excluding carboxylic acids is 2. The maximum absolute atomic E-state index is 13.7. The van der Waals surface area contributed by atoms with Crippen LogP contribution in [-0.4, -0.2) is 23.6 Å². The molecular weight excluding hydrogens is 493 g/mol. The van der Waals surface area contributed by atoms with Crippen LogP contribution < -0.4 is 4.90 Å². The summed E-state index contributed by atoms with van der Waals surface area (Å²) in [5, 5.41) is 0.317. The van der Waals surface area contributed by atoms with E-state index in [4.69, 9.17) is 16.3 Å². The average molecular weight is 515 g/mol. The van der Waals surface area contributed by atoms with Crippen molar-refractivity contribution < 1.29 is 27.5 Å². The minimum Gasteiger partial charge on any atom is -0.465 e. The van der Waals surface area contributed by atoms with Crippen molar-refractivity contribution in [3.05, 3.63) is 99.0 Å². The molecule has 0 saturated heterocycles. The van der Waals surface area contributed by atoms with Gasteiger partial charge in [0.1, 0.15) is 0 Å². The van der Waals surface area contributed by atoms with Crippen molar-refractivity contribution in [2.75, 3.05) is 12.0 Å². The summed E-state index contributed by atoms with van der Waals surface area (Å²) in [5.74, 6) is -1.21. The molecule has 0 saturated carbocycles. The third-order valence-corrected chi connectivity index (χ3v) is 6.42. The van der Waals surface area contributed by atoms with Crippen molar-refractivity contribution in [3.8, 4) is 5.69 Å². The second-order valence-electron chi connectivity index (χ2n) is 8.28. The van der Waals surface area contributed by atoms with Crippen molar-refractivity contribution >= 4 is 35.2 Å². The lowest BCUT2D eigenvalue weighted by Gasteiger charge is -2.19. The van der Waals surface area contributed by atoms with E-state index in [-0.39, 0.29) is 16.8 Å². The first-order valence-corrected chi connectivity index (χ1v) is 11.3. The van der Waals surface area contributed by atoms with Crippen LogP contribution in [-0.2, 0) is 20.5 Å². The minimum absolute atomic E-state index is 0.0278. The number of halogens is 4. The Balaban J connectivity index is 1.89. The molecule has 0 atom stereocenters. The first-order valence-electron chi connectivity index (χ1n) is 10.9. The lowest BCUT2D eigenvalue weighted by Crippen LogP contribution is -2.24. The van der Waals surface area contributed by atoms with Crippen LogP contribution in [0.2, 0.25) is 5.02 Å². The van der Waals surface area contributed by atoms with Gasteiger partial charge in [-0.2, -0.15) is 13.2 Å².